The minimum Gasteiger partial charge on any atom is -0.355 e. The maximum Gasteiger partial charge on any atom is 0.320 e. The first-order chi connectivity index (χ1) is 14.6. The fraction of sp³-hybridized carbons (Fsp3) is 0.524. The van der Waals surface area contributed by atoms with Gasteiger partial charge in [0.25, 0.3) is 5.91 Å². The van der Waals surface area contributed by atoms with E-state index in [1.54, 1.807) is 7.05 Å². The van der Waals surface area contributed by atoms with Crippen molar-refractivity contribution in [3.8, 4) is 0 Å². The summed E-state index contributed by atoms with van der Waals surface area (Å²) < 4.78 is 0. The van der Waals surface area contributed by atoms with Gasteiger partial charge in [-0.3, -0.25) is 14.8 Å². The van der Waals surface area contributed by atoms with Gasteiger partial charge in [0.2, 0.25) is 0 Å². The van der Waals surface area contributed by atoms with Crippen molar-refractivity contribution < 1.29 is 9.59 Å². The fourth-order valence-electron chi connectivity index (χ4n) is 5.14. The highest BCUT2D eigenvalue weighted by atomic mass is 16.2. The van der Waals surface area contributed by atoms with Gasteiger partial charge in [0.15, 0.2) is 0 Å². The molecule has 9 nitrogen and oxygen atoms in total. The smallest absolute Gasteiger partial charge is 0.320 e. The maximum atomic E-state index is 12.8. The van der Waals surface area contributed by atoms with Gasteiger partial charge in [-0.25, -0.2) is 9.78 Å². The molecule has 30 heavy (non-hydrogen) atoms. The molecular formula is C21H27N7O2. The minimum absolute atomic E-state index is 0.0458. The molecule has 0 saturated carbocycles. The molecule has 5 rings (SSSR count). The summed E-state index contributed by atoms with van der Waals surface area (Å²) in [6.45, 7) is 5.84. The van der Waals surface area contributed by atoms with Crippen LogP contribution in [-0.2, 0) is 6.54 Å². The molecule has 0 bridgehead atoms. The first-order valence-corrected chi connectivity index (χ1v) is 10.5. The minimum atomic E-state index is -0.0458. The number of rotatable bonds is 4. The Bertz CT molecular complexity index is 931. The fourth-order valence-corrected chi connectivity index (χ4v) is 5.14. The second kappa shape index (κ2) is 7.39. The number of likely N-dealkylation sites (tertiary alicyclic amines) is 3. The average Bonchev–Trinajstić information content (AvgIpc) is 3.39. The van der Waals surface area contributed by atoms with Crippen LogP contribution in [0.15, 0.2) is 30.6 Å². The number of amides is 3. The van der Waals surface area contributed by atoms with Crippen LogP contribution in [0.25, 0.3) is 0 Å². The number of urea groups is 1. The maximum absolute atomic E-state index is 12.8. The Morgan fingerprint density at radius 3 is 2.73 bits per heavy atom. The van der Waals surface area contributed by atoms with Crippen LogP contribution < -0.4 is 5.32 Å². The summed E-state index contributed by atoms with van der Waals surface area (Å²) in [5.74, 6) is 1.08. The van der Waals surface area contributed by atoms with Crippen molar-refractivity contribution in [1.29, 1.82) is 0 Å². The average molecular weight is 409 g/mol. The molecule has 1 aromatic carbocycles. The van der Waals surface area contributed by atoms with E-state index in [1.165, 1.54) is 6.33 Å². The molecule has 1 aromatic heterocycles. The van der Waals surface area contributed by atoms with E-state index < -0.39 is 0 Å². The van der Waals surface area contributed by atoms with E-state index in [2.05, 4.69) is 25.4 Å². The predicted octanol–water partition coefficient (Wildman–Crippen LogP) is 0.891. The Balaban J connectivity index is 1.11. The van der Waals surface area contributed by atoms with Crippen LogP contribution in [0, 0.1) is 5.41 Å². The van der Waals surface area contributed by atoms with Gasteiger partial charge in [-0.15, -0.1) is 0 Å². The molecule has 1 atom stereocenters. The Hall–Kier alpha value is -2.94. The molecule has 2 aromatic rings. The standard InChI is InChI=1S/C21H27N7O2/c1-22-19(29)17-5-3-2-4-15(17)8-26-10-21(11-26)12-28(13-21)20(30)27-7-6-16(9-27)18-23-14-24-25-18/h2-5,14,16H,6-13H2,1H3,(H,22,29)(H,23,24,25)/t16-/m0/s1. The molecular weight excluding hydrogens is 382 g/mol. The summed E-state index contributed by atoms with van der Waals surface area (Å²) in [6, 6.07) is 7.90. The highest BCUT2D eigenvalue weighted by Gasteiger charge is 2.53. The molecule has 9 heteroatoms. The highest BCUT2D eigenvalue weighted by molar-refractivity contribution is 5.95. The van der Waals surface area contributed by atoms with Gasteiger partial charge in [0.1, 0.15) is 12.2 Å². The van der Waals surface area contributed by atoms with E-state index in [1.807, 2.05) is 34.1 Å². The summed E-state index contributed by atoms with van der Waals surface area (Å²) in [4.78, 5) is 35.4. The number of hydrogen-bond acceptors (Lipinski definition) is 5. The lowest BCUT2D eigenvalue weighted by Gasteiger charge is -2.60. The molecule has 3 saturated heterocycles. The van der Waals surface area contributed by atoms with E-state index >= 15 is 0 Å². The monoisotopic (exact) mass is 409 g/mol. The van der Waals surface area contributed by atoms with Crippen LogP contribution in [0.3, 0.4) is 0 Å². The Labute approximate surface area is 175 Å². The van der Waals surface area contributed by atoms with Gasteiger partial charge >= 0.3 is 6.03 Å². The van der Waals surface area contributed by atoms with E-state index in [0.29, 0.717) is 6.54 Å². The predicted molar refractivity (Wildman–Crippen MR) is 110 cm³/mol. The van der Waals surface area contributed by atoms with E-state index in [4.69, 9.17) is 0 Å². The number of carbonyl (C=O) groups excluding carboxylic acids is 2. The molecule has 3 amide bonds. The molecule has 0 aliphatic carbocycles. The summed E-state index contributed by atoms with van der Waals surface area (Å²) in [7, 11) is 1.66. The van der Waals surface area contributed by atoms with Crippen LogP contribution in [0.1, 0.15) is 34.1 Å². The quantitative estimate of drug-likeness (QED) is 0.782. The van der Waals surface area contributed by atoms with Crippen LogP contribution in [-0.4, -0.2) is 88.1 Å². The summed E-state index contributed by atoms with van der Waals surface area (Å²) in [5, 5.41) is 9.55. The van der Waals surface area contributed by atoms with E-state index in [9.17, 15) is 9.59 Å². The highest BCUT2D eigenvalue weighted by Crippen LogP contribution is 2.41. The van der Waals surface area contributed by atoms with Gasteiger partial charge in [-0.1, -0.05) is 18.2 Å². The topological polar surface area (TPSA) is 97.5 Å². The second-order valence-corrected chi connectivity index (χ2v) is 8.82. The third kappa shape index (κ3) is 3.32. The largest absolute Gasteiger partial charge is 0.355 e. The lowest BCUT2D eigenvalue weighted by molar-refractivity contribution is -0.102. The van der Waals surface area contributed by atoms with Crippen LogP contribution in [0.4, 0.5) is 4.79 Å². The number of nitrogens with one attached hydrogen (secondary N) is 2. The number of hydrogen-bond donors (Lipinski definition) is 2. The van der Waals surface area contributed by atoms with E-state index in [0.717, 1.165) is 62.6 Å². The Morgan fingerprint density at radius 1 is 1.20 bits per heavy atom. The molecule has 0 unspecified atom stereocenters. The van der Waals surface area contributed by atoms with E-state index in [-0.39, 0.29) is 23.3 Å². The zero-order chi connectivity index (χ0) is 20.7. The first-order valence-electron chi connectivity index (χ1n) is 10.5. The van der Waals surface area contributed by atoms with Crippen molar-refractivity contribution in [2.45, 2.75) is 18.9 Å². The zero-order valence-electron chi connectivity index (χ0n) is 17.2. The van der Waals surface area contributed by atoms with Crippen molar-refractivity contribution in [2.24, 2.45) is 5.41 Å². The molecule has 158 valence electrons. The van der Waals surface area contributed by atoms with Gasteiger partial charge in [0, 0.05) is 69.8 Å². The molecule has 1 spiro atoms. The van der Waals surface area contributed by atoms with Crippen LogP contribution >= 0.6 is 0 Å². The lowest BCUT2D eigenvalue weighted by atomic mass is 9.72. The molecule has 0 radical (unpaired) electrons. The second-order valence-electron chi connectivity index (χ2n) is 8.82. The Kier molecular flexibility index (Phi) is 4.69. The summed E-state index contributed by atoms with van der Waals surface area (Å²) in [5.41, 5.74) is 2.01. The SMILES string of the molecule is CNC(=O)c1ccccc1CN1CC2(C1)CN(C(=O)N1CC[C@H](c3ncn[nH]3)C1)C2. The number of nitrogens with zero attached hydrogens (tertiary/aromatic N) is 5. The van der Waals surface area contributed by atoms with Gasteiger partial charge < -0.3 is 15.1 Å². The van der Waals surface area contributed by atoms with Crippen LogP contribution in [0.5, 0.6) is 0 Å². The van der Waals surface area contributed by atoms with Crippen molar-refractivity contribution in [1.82, 2.24) is 35.2 Å². The van der Waals surface area contributed by atoms with Crippen molar-refractivity contribution in [3.63, 3.8) is 0 Å². The third-order valence-electron chi connectivity index (χ3n) is 6.60. The third-order valence-corrected chi connectivity index (χ3v) is 6.60. The normalized spacial score (nSPS) is 22.6. The molecule has 4 heterocycles. The number of carbonyl (C=O) groups is 2. The van der Waals surface area contributed by atoms with Gasteiger partial charge in [-0.2, -0.15) is 5.10 Å². The van der Waals surface area contributed by atoms with Crippen molar-refractivity contribution >= 4 is 11.9 Å². The number of H-pyrrole nitrogens is 1. The molecule has 3 aliphatic rings. The van der Waals surface area contributed by atoms with Crippen molar-refractivity contribution in [2.75, 3.05) is 46.3 Å². The number of benzene rings is 1. The molecule has 3 fully saturated rings. The Morgan fingerprint density at radius 2 is 2.00 bits per heavy atom. The van der Waals surface area contributed by atoms with Gasteiger partial charge in [-0.05, 0) is 18.1 Å². The number of aromatic nitrogens is 3. The summed E-state index contributed by atoms with van der Waals surface area (Å²) in [6.07, 6.45) is 2.45. The first kappa shape index (κ1) is 19.0. The van der Waals surface area contributed by atoms with Crippen LogP contribution in [0.2, 0.25) is 0 Å². The van der Waals surface area contributed by atoms with Crippen molar-refractivity contribution in [3.05, 3.63) is 47.5 Å². The van der Waals surface area contributed by atoms with Gasteiger partial charge in [0.05, 0.1) is 0 Å². The number of aromatic amines is 1. The zero-order valence-corrected chi connectivity index (χ0v) is 17.2. The lowest BCUT2D eigenvalue weighted by Crippen LogP contribution is -2.73. The molecule has 2 N–H and O–H groups in total. The molecule has 3 aliphatic heterocycles. The summed E-state index contributed by atoms with van der Waals surface area (Å²) >= 11 is 0.